The van der Waals surface area contributed by atoms with Crippen LogP contribution in [-0.4, -0.2) is 66.9 Å². The number of phenols is 2. The van der Waals surface area contributed by atoms with Crippen molar-refractivity contribution in [1.29, 1.82) is 0 Å². The van der Waals surface area contributed by atoms with E-state index in [1.54, 1.807) is 0 Å². The quantitative estimate of drug-likeness (QED) is 0.227. The van der Waals surface area contributed by atoms with Gasteiger partial charge in [0.2, 0.25) is 5.91 Å². The highest BCUT2D eigenvalue weighted by atomic mass is 16.4. The minimum absolute atomic E-state index is 0.000389. The van der Waals surface area contributed by atoms with Gasteiger partial charge in [-0.3, -0.25) is 4.79 Å². The van der Waals surface area contributed by atoms with E-state index in [4.69, 9.17) is 0 Å². The summed E-state index contributed by atoms with van der Waals surface area (Å²) < 4.78 is 0. The zero-order valence-electron chi connectivity index (χ0n) is 25.1. The third-order valence-corrected chi connectivity index (χ3v) is 12.4. The number of benzene rings is 1. The van der Waals surface area contributed by atoms with Crippen molar-refractivity contribution in [3.63, 3.8) is 0 Å². The Kier molecular flexibility index (Phi) is 8.60. The number of aliphatic carboxylic acids is 1. The Labute approximate surface area is 248 Å². The van der Waals surface area contributed by atoms with Crippen molar-refractivity contribution >= 4 is 11.9 Å². The molecule has 0 aliphatic heterocycles. The van der Waals surface area contributed by atoms with Crippen LogP contribution >= 0.6 is 0 Å². The molecular weight excluding hydrogens is 538 g/mol. The molecule has 234 valence electrons. The van der Waals surface area contributed by atoms with Crippen molar-refractivity contribution in [2.45, 2.75) is 109 Å². The maximum atomic E-state index is 12.9. The van der Waals surface area contributed by atoms with Crippen LogP contribution in [0, 0.1) is 46.3 Å². The first-order valence-corrected chi connectivity index (χ1v) is 15.8. The van der Waals surface area contributed by atoms with Gasteiger partial charge in [-0.05, 0) is 115 Å². The van der Waals surface area contributed by atoms with Gasteiger partial charge in [0.15, 0.2) is 11.5 Å². The molecule has 0 saturated heterocycles. The lowest BCUT2D eigenvalue weighted by Crippen LogP contribution is -2.64. The predicted octanol–water partition coefficient (Wildman–Crippen LogP) is 3.59. The normalized spacial score (nSPS) is 40.7. The van der Waals surface area contributed by atoms with Crippen molar-refractivity contribution < 1.29 is 40.2 Å². The Bertz CT molecular complexity index is 1170. The van der Waals surface area contributed by atoms with Gasteiger partial charge in [-0.15, -0.1) is 0 Å². The molecule has 5 rings (SSSR count). The number of rotatable bonds is 8. The third kappa shape index (κ3) is 5.41. The lowest BCUT2D eigenvalue weighted by atomic mass is 9.43. The lowest BCUT2D eigenvalue weighted by molar-refractivity contribution is -0.223. The highest BCUT2D eigenvalue weighted by Gasteiger charge is 2.65. The number of amides is 1. The lowest BCUT2D eigenvalue weighted by Gasteiger charge is -2.63. The van der Waals surface area contributed by atoms with Gasteiger partial charge in [-0.1, -0.05) is 26.8 Å². The van der Waals surface area contributed by atoms with Crippen LogP contribution in [0.4, 0.5) is 0 Å². The van der Waals surface area contributed by atoms with Crippen LogP contribution in [0.25, 0.3) is 0 Å². The molecule has 1 unspecified atom stereocenters. The maximum Gasteiger partial charge on any atom is 0.326 e. The van der Waals surface area contributed by atoms with Gasteiger partial charge in [0.25, 0.3) is 0 Å². The van der Waals surface area contributed by atoms with Crippen molar-refractivity contribution in [3.05, 3.63) is 23.8 Å². The van der Waals surface area contributed by atoms with E-state index in [2.05, 4.69) is 26.1 Å². The van der Waals surface area contributed by atoms with E-state index >= 15 is 0 Å². The van der Waals surface area contributed by atoms with Crippen LogP contribution in [0.5, 0.6) is 11.5 Å². The molecule has 0 spiro atoms. The Morgan fingerprint density at radius 1 is 0.929 bits per heavy atom. The van der Waals surface area contributed by atoms with Gasteiger partial charge in [-0.2, -0.15) is 0 Å². The highest BCUT2D eigenvalue weighted by molar-refractivity contribution is 5.83. The van der Waals surface area contributed by atoms with Crippen molar-refractivity contribution in [2.75, 3.05) is 0 Å². The largest absolute Gasteiger partial charge is 0.504 e. The Morgan fingerprint density at radius 2 is 1.62 bits per heavy atom. The summed E-state index contributed by atoms with van der Waals surface area (Å²) in [5, 5.41) is 64.6. The second kappa shape index (κ2) is 11.6. The molecule has 1 aromatic carbocycles. The van der Waals surface area contributed by atoms with Crippen molar-refractivity contribution in [3.8, 4) is 11.5 Å². The van der Waals surface area contributed by atoms with E-state index in [1.165, 1.54) is 18.2 Å². The number of carbonyl (C=O) groups is 2. The van der Waals surface area contributed by atoms with Crippen LogP contribution in [0.1, 0.15) is 84.1 Å². The summed E-state index contributed by atoms with van der Waals surface area (Å²) in [7, 11) is 0. The summed E-state index contributed by atoms with van der Waals surface area (Å²) in [5.74, 6) is -0.935. The molecule has 4 aliphatic rings. The average molecular weight is 588 g/mol. The Balaban J connectivity index is 1.21. The fraction of sp³-hybridized carbons (Fsp3) is 0.758. The summed E-state index contributed by atoms with van der Waals surface area (Å²) in [6.07, 6.45) is 5.06. The molecule has 4 saturated carbocycles. The summed E-state index contributed by atoms with van der Waals surface area (Å²) in [5.41, 5.74) is 0.414. The highest BCUT2D eigenvalue weighted by Crippen LogP contribution is 2.68. The SMILES string of the molecule is C[C@H](CCC(=O)NC(Cc1ccc(O)c(O)c1)C(=O)O)[C@H]1CC[C@H]2[C@@H]3[C@H](O)[C@@H](O)[C@@H]4C[C@H](O)CC[C@]4(C)[C@H]3CC[C@]12C. The number of nitrogens with one attached hydrogen (secondary N) is 1. The molecule has 7 N–H and O–H groups in total. The number of aliphatic hydroxyl groups excluding tert-OH is 3. The Morgan fingerprint density at radius 3 is 2.31 bits per heavy atom. The molecule has 4 aliphatic carbocycles. The molecule has 1 amide bonds. The first-order valence-electron chi connectivity index (χ1n) is 15.8. The molecular formula is C33H49NO8. The fourth-order valence-electron chi connectivity index (χ4n) is 10.2. The number of carbonyl (C=O) groups excluding carboxylic acids is 1. The number of carboxylic acid groups (broad SMARTS) is 1. The second-order valence-electron chi connectivity index (χ2n) is 14.5. The molecule has 12 atom stereocenters. The summed E-state index contributed by atoms with van der Waals surface area (Å²) in [6.45, 7) is 6.80. The van der Waals surface area contributed by atoms with Crippen LogP contribution in [0.2, 0.25) is 0 Å². The molecule has 0 heterocycles. The van der Waals surface area contributed by atoms with E-state index in [1.807, 2.05) is 0 Å². The van der Waals surface area contributed by atoms with Gasteiger partial charge in [0.05, 0.1) is 18.3 Å². The van der Waals surface area contributed by atoms with Crippen molar-refractivity contribution in [2.24, 2.45) is 46.3 Å². The van der Waals surface area contributed by atoms with E-state index in [9.17, 15) is 40.2 Å². The average Bonchev–Trinajstić information content (AvgIpc) is 3.30. The molecule has 9 heteroatoms. The van der Waals surface area contributed by atoms with Gasteiger partial charge in [0.1, 0.15) is 6.04 Å². The molecule has 4 fully saturated rings. The topological polar surface area (TPSA) is 168 Å². The van der Waals surface area contributed by atoms with Crippen molar-refractivity contribution in [1.82, 2.24) is 5.32 Å². The summed E-state index contributed by atoms with van der Waals surface area (Å²) >= 11 is 0. The van der Waals surface area contributed by atoms with Crippen LogP contribution in [0.15, 0.2) is 18.2 Å². The number of fused-ring (bicyclic) bond motifs is 5. The van der Waals surface area contributed by atoms with Crippen LogP contribution < -0.4 is 5.32 Å². The molecule has 0 bridgehead atoms. The second-order valence-corrected chi connectivity index (χ2v) is 14.5. The first-order chi connectivity index (χ1) is 19.8. The third-order valence-electron chi connectivity index (χ3n) is 12.4. The summed E-state index contributed by atoms with van der Waals surface area (Å²) in [4.78, 5) is 24.7. The van der Waals surface area contributed by atoms with Crippen LogP contribution in [0.3, 0.4) is 0 Å². The van der Waals surface area contributed by atoms with Gasteiger partial charge in [-0.25, -0.2) is 4.79 Å². The number of hydrogen-bond acceptors (Lipinski definition) is 7. The van der Waals surface area contributed by atoms with E-state index < -0.39 is 30.3 Å². The summed E-state index contributed by atoms with van der Waals surface area (Å²) in [6, 6.07) is 2.96. The van der Waals surface area contributed by atoms with Crippen LogP contribution in [-0.2, 0) is 16.0 Å². The van der Waals surface area contributed by atoms with E-state index in [0.717, 1.165) is 38.5 Å². The fourth-order valence-corrected chi connectivity index (χ4v) is 10.2. The first kappa shape index (κ1) is 31.1. The number of phenolic OH excluding ortho intramolecular Hbond substituents is 2. The van der Waals surface area contributed by atoms with E-state index in [-0.39, 0.29) is 58.8 Å². The number of hydrogen-bond donors (Lipinski definition) is 7. The standard InChI is InChI=1S/C33H49NO8/c1-17(4-9-27(38)34-24(31(41)42)14-18-5-8-25(36)26(37)15-18)20-6-7-21-28-22(11-13-32(20,21)2)33(3)12-10-19(35)16-23(33)29(39)30(28)40/h5,8,15,17,19-24,28-30,35-37,39-40H,4,6-7,9-14,16H2,1-3H3,(H,34,38)(H,41,42)/t17-,19-,20-,21+,22+,23+,24?,28+,29+,30+,32-,33-/m1/s1. The minimum Gasteiger partial charge on any atom is -0.504 e. The molecule has 9 nitrogen and oxygen atoms in total. The molecule has 42 heavy (non-hydrogen) atoms. The van der Waals surface area contributed by atoms with Gasteiger partial charge in [0, 0.05) is 12.8 Å². The number of aromatic hydroxyl groups is 2. The Hall–Kier alpha value is -2.36. The number of carboxylic acids is 1. The molecule has 1 aromatic rings. The monoisotopic (exact) mass is 587 g/mol. The van der Waals surface area contributed by atoms with Gasteiger partial charge < -0.3 is 36.0 Å². The van der Waals surface area contributed by atoms with Gasteiger partial charge >= 0.3 is 5.97 Å². The van der Waals surface area contributed by atoms with E-state index in [0.29, 0.717) is 36.2 Å². The zero-order valence-corrected chi connectivity index (χ0v) is 25.1. The predicted molar refractivity (Wildman–Crippen MR) is 155 cm³/mol. The number of aliphatic hydroxyl groups is 3. The zero-order chi connectivity index (χ0) is 30.6. The molecule has 0 aromatic heterocycles. The smallest absolute Gasteiger partial charge is 0.326 e. The maximum absolute atomic E-state index is 12.9. The minimum atomic E-state index is -1.16. The molecule has 0 radical (unpaired) electrons.